The number of ether oxygens (including phenoxy) is 1. The number of nitrogens with zero attached hydrogens (tertiary/aromatic N) is 2. The summed E-state index contributed by atoms with van der Waals surface area (Å²) in [5, 5.41) is 3.17. The molecule has 12 heteroatoms. The Kier molecular flexibility index (Phi) is 11.2. The van der Waals surface area contributed by atoms with Gasteiger partial charge in [-0.25, -0.2) is 8.42 Å². The van der Waals surface area contributed by atoms with Gasteiger partial charge in [-0.1, -0.05) is 41.4 Å². The molecule has 0 aromatic heterocycles. The van der Waals surface area contributed by atoms with Crippen molar-refractivity contribution in [3.63, 3.8) is 0 Å². The van der Waals surface area contributed by atoms with Crippen LogP contribution in [0.3, 0.4) is 0 Å². The largest absolute Gasteiger partial charge is 0.492 e. The molecule has 0 heterocycles. The van der Waals surface area contributed by atoms with E-state index in [2.05, 4.69) is 5.32 Å². The molecule has 8 nitrogen and oxygen atoms in total. The summed E-state index contributed by atoms with van der Waals surface area (Å²) in [7, 11) is -2.79. The number of carbonyl (C=O) groups excluding carboxylic acids is 2. The molecule has 0 saturated carbocycles. The molecule has 0 saturated heterocycles. The Labute approximate surface area is 249 Å². The number of hydrogen-bond acceptors (Lipinski definition) is 6. The summed E-state index contributed by atoms with van der Waals surface area (Å²) >= 11 is 14.2. The maximum atomic E-state index is 14.0. The van der Waals surface area contributed by atoms with E-state index in [1.807, 2.05) is 6.26 Å². The second kappa shape index (κ2) is 14.1. The highest BCUT2D eigenvalue weighted by Gasteiger charge is 2.34. The average molecular weight is 625 g/mol. The molecule has 1 N–H and O–H groups in total. The van der Waals surface area contributed by atoms with Crippen molar-refractivity contribution in [1.29, 1.82) is 0 Å². The van der Waals surface area contributed by atoms with E-state index in [0.29, 0.717) is 21.4 Å². The molecule has 0 radical (unpaired) electrons. The van der Waals surface area contributed by atoms with Crippen LogP contribution in [-0.2, 0) is 26.2 Å². The van der Waals surface area contributed by atoms with Gasteiger partial charge in [0.15, 0.2) is 0 Å². The number of carbonyl (C=O) groups is 2. The van der Waals surface area contributed by atoms with E-state index in [9.17, 15) is 18.0 Å². The lowest BCUT2D eigenvalue weighted by Crippen LogP contribution is -2.50. The molecule has 2 amide bonds. The summed E-state index contributed by atoms with van der Waals surface area (Å²) in [6, 6.07) is 16.9. The predicted molar refractivity (Wildman–Crippen MR) is 161 cm³/mol. The van der Waals surface area contributed by atoms with E-state index in [0.717, 1.165) is 9.20 Å². The number of hydrogen-bond donors (Lipinski definition) is 1. The Morgan fingerprint density at radius 3 is 2.20 bits per heavy atom. The van der Waals surface area contributed by atoms with Crippen LogP contribution in [0.15, 0.2) is 76.5 Å². The Bertz CT molecular complexity index is 1430. The van der Waals surface area contributed by atoms with Crippen molar-refractivity contribution in [3.05, 3.63) is 82.3 Å². The van der Waals surface area contributed by atoms with Crippen LogP contribution in [-0.4, -0.2) is 57.6 Å². The van der Waals surface area contributed by atoms with Gasteiger partial charge in [0, 0.05) is 34.1 Å². The van der Waals surface area contributed by atoms with Crippen molar-refractivity contribution in [2.45, 2.75) is 36.2 Å². The number of nitrogens with one attached hydrogen (secondary N) is 1. The zero-order valence-corrected chi connectivity index (χ0v) is 25.7. The molecule has 3 aromatic rings. The van der Waals surface area contributed by atoms with Crippen LogP contribution in [0.1, 0.15) is 19.4 Å². The van der Waals surface area contributed by atoms with Crippen molar-refractivity contribution in [1.82, 2.24) is 10.2 Å². The molecular weight excluding hydrogens is 593 g/mol. The molecule has 1 unspecified atom stereocenters. The lowest BCUT2D eigenvalue weighted by Gasteiger charge is -2.32. The van der Waals surface area contributed by atoms with Gasteiger partial charge in [0.25, 0.3) is 10.0 Å². The number of para-hydroxylation sites is 2. The van der Waals surface area contributed by atoms with Crippen LogP contribution >= 0.6 is 35.0 Å². The molecule has 0 spiro atoms. The lowest BCUT2D eigenvalue weighted by molar-refractivity contribution is -0.139. The molecule has 3 rings (SSSR count). The highest BCUT2D eigenvalue weighted by Crippen LogP contribution is 2.34. The van der Waals surface area contributed by atoms with Crippen molar-refractivity contribution >= 4 is 62.5 Å². The molecule has 0 bridgehead atoms. The third-order valence-corrected chi connectivity index (χ3v) is 9.39. The first-order valence-corrected chi connectivity index (χ1v) is 15.8. The second-order valence-electron chi connectivity index (χ2n) is 8.60. The van der Waals surface area contributed by atoms with Crippen molar-refractivity contribution in [2.24, 2.45) is 0 Å². The number of anilines is 1. The van der Waals surface area contributed by atoms with E-state index in [-0.39, 0.29) is 23.7 Å². The Morgan fingerprint density at radius 2 is 1.62 bits per heavy atom. The number of likely N-dealkylation sites (N-methyl/N-ethyl adjacent to an activating group) is 1. The number of halogens is 2. The van der Waals surface area contributed by atoms with Gasteiger partial charge in [0.05, 0.1) is 17.2 Å². The minimum atomic E-state index is -4.25. The zero-order chi connectivity index (χ0) is 29.4. The number of benzene rings is 3. The minimum absolute atomic E-state index is 0.00412. The SMILES string of the molecule is CCOc1ccccc1N(CC(=O)N(Cc1c(Cl)cccc1Cl)C(C)C(=O)NC)S(=O)(=O)c1ccc(SC)cc1. The number of rotatable bonds is 12. The number of amides is 2. The van der Waals surface area contributed by atoms with E-state index < -0.39 is 34.4 Å². The van der Waals surface area contributed by atoms with Gasteiger partial charge >= 0.3 is 0 Å². The zero-order valence-electron chi connectivity index (χ0n) is 22.6. The van der Waals surface area contributed by atoms with E-state index in [1.165, 1.54) is 35.8 Å². The Balaban J connectivity index is 2.12. The summed E-state index contributed by atoms with van der Waals surface area (Å²) in [5.41, 5.74) is 0.627. The van der Waals surface area contributed by atoms with Gasteiger partial charge in [-0.2, -0.15) is 0 Å². The minimum Gasteiger partial charge on any atom is -0.492 e. The normalized spacial score (nSPS) is 11.9. The molecule has 0 aliphatic heterocycles. The maximum absolute atomic E-state index is 14.0. The maximum Gasteiger partial charge on any atom is 0.264 e. The van der Waals surface area contributed by atoms with Crippen LogP contribution in [0.4, 0.5) is 5.69 Å². The molecule has 0 aliphatic carbocycles. The Hall–Kier alpha value is -2.92. The molecular formula is C28H31Cl2N3O5S2. The summed E-state index contributed by atoms with van der Waals surface area (Å²) in [5.74, 6) is -0.779. The van der Waals surface area contributed by atoms with Crippen LogP contribution in [0.2, 0.25) is 10.0 Å². The summed E-state index contributed by atoms with van der Waals surface area (Å²) < 4.78 is 34.8. The summed E-state index contributed by atoms with van der Waals surface area (Å²) in [4.78, 5) is 28.8. The third kappa shape index (κ3) is 7.23. The van der Waals surface area contributed by atoms with E-state index in [1.54, 1.807) is 68.4 Å². The Morgan fingerprint density at radius 1 is 1.00 bits per heavy atom. The highest BCUT2D eigenvalue weighted by atomic mass is 35.5. The van der Waals surface area contributed by atoms with Gasteiger partial charge in [0.1, 0.15) is 18.3 Å². The third-order valence-electron chi connectivity index (χ3n) is 6.16. The van der Waals surface area contributed by atoms with Crippen LogP contribution in [0.5, 0.6) is 5.75 Å². The molecule has 214 valence electrons. The first kappa shape index (κ1) is 31.6. The van der Waals surface area contributed by atoms with Gasteiger partial charge in [-0.05, 0) is 68.6 Å². The highest BCUT2D eigenvalue weighted by molar-refractivity contribution is 7.98. The lowest BCUT2D eigenvalue weighted by atomic mass is 10.1. The average Bonchev–Trinajstić information content (AvgIpc) is 2.95. The first-order valence-electron chi connectivity index (χ1n) is 12.4. The summed E-state index contributed by atoms with van der Waals surface area (Å²) in [6.07, 6.45) is 1.89. The molecule has 3 aromatic carbocycles. The molecule has 40 heavy (non-hydrogen) atoms. The van der Waals surface area contributed by atoms with Crippen LogP contribution in [0, 0.1) is 0 Å². The quantitative estimate of drug-likeness (QED) is 0.269. The first-order chi connectivity index (χ1) is 19.0. The topological polar surface area (TPSA) is 96.0 Å². The van der Waals surface area contributed by atoms with Crippen molar-refractivity contribution < 1.29 is 22.7 Å². The smallest absolute Gasteiger partial charge is 0.264 e. The predicted octanol–water partition coefficient (Wildman–Crippen LogP) is 5.47. The summed E-state index contributed by atoms with van der Waals surface area (Å²) in [6.45, 7) is 2.89. The second-order valence-corrected chi connectivity index (χ2v) is 12.2. The van der Waals surface area contributed by atoms with Crippen molar-refractivity contribution in [2.75, 3.05) is 30.8 Å². The van der Waals surface area contributed by atoms with Crippen LogP contribution in [0.25, 0.3) is 0 Å². The monoisotopic (exact) mass is 623 g/mol. The standard InChI is InChI=1S/C28H31Cl2N3O5S2/c1-5-38-26-12-7-6-11-25(26)33(40(36,37)21-15-13-20(39-4)14-16-21)18-27(34)32(19(2)28(35)31-3)17-22-23(29)9-8-10-24(22)30/h6-16,19H,5,17-18H2,1-4H3,(H,31,35). The molecule has 0 aliphatic rings. The van der Waals surface area contributed by atoms with Gasteiger partial charge < -0.3 is 15.0 Å². The number of thioether (sulfide) groups is 1. The number of sulfonamides is 1. The van der Waals surface area contributed by atoms with Gasteiger partial charge in [0.2, 0.25) is 11.8 Å². The molecule has 1 atom stereocenters. The fraction of sp³-hybridized carbons (Fsp3) is 0.286. The van der Waals surface area contributed by atoms with E-state index >= 15 is 0 Å². The van der Waals surface area contributed by atoms with Crippen molar-refractivity contribution in [3.8, 4) is 5.75 Å². The fourth-order valence-electron chi connectivity index (χ4n) is 3.97. The molecule has 0 fully saturated rings. The fourth-order valence-corrected chi connectivity index (χ4v) is 6.32. The van der Waals surface area contributed by atoms with Gasteiger partial charge in [-0.15, -0.1) is 11.8 Å². The van der Waals surface area contributed by atoms with Gasteiger partial charge in [-0.3, -0.25) is 13.9 Å². The van der Waals surface area contributed by atoms with E-state index in [4.69, 9.17) is 27.9 Å². The van der Waals surface area contributed by atoms with Crippen LogP contribution < -0.4 is 14.4 Å².